The Morgan fingerprint density at radius 3 is 2.53 bits per heavy atom. The average Bonchev–Trinajstić information content (AvgIpc) is 3.31. The van der Waals surface area contributed by atoms with E-state index in [1.807, 2.05) is 73.6 Å². The van der Waals surface area contributed by atoms with Crippen molar-refractivity contribution < 1.29 is 9.53 Å². The summed E-state index contributed by atoms with van der Waals surface area (Å²) < 4.78 is 10.0. The Morgan fingerprint density at radius 1 is 1.09 bits per heavy atom. The van der Waals surface area contributed by atoms with Gasteiger partial charge in [0.2, 0.25) is 11.1 Å². The Morgan fingerprint density at radius 2 is 1.81 bits per heavy atom. The monoisotopic (exact) mass is 449 g/mol. The highest BCUT2D eigenvalue weighted by Crippen LogP contribution is 2.27. The maximum Gasteiger partial charge on any atom is 0.232 e. The Hall–Kier alpha value is -3.10. The third-order valence-electron chi connectivity index (χ3n) is 5.39. The Labute approximate surface area is 192 Å². The summed E-state index contributed by atoms with van der Waals surface area (Å²) in [6.07, 6.45) is 0. The van der Waals surface area contributed by atoms with Crippen LogP contribution in [-0.2, 0) is 4.74 Å². The lowest BCUT2D eigenvalue weighted by Gasteiger charge is -2.32. The van der Waals surface area contributed by atoms with Crippen LogP contribution >= 0.6 is 11.5 Å². The number of carbonyl (C=O) groups is 1. The normalized spacial score (nSPS) is 15.5. The third kappa shape index (κ3) is 5.03. The van der Waals surface area contributed by atoms with E-state index in [1.54, 1.807) is 0 Å². The molecule has 0 aliphatic carbocycles. The van der Waals surface area contributed by atoms with Crippen molar-refractivity contribution in [2.75, 3.05) is 40.4 Å². The molecule has 0 N–H and O–H groups in total. The van der Waals surface area contributed by atoms with E-state index < -0.39 is 0 Å². The number of aliphatic imine (C=N–C) groups is 1. The maximum absolute atomic E-state index is 12.8. The number of ether oxygens (including phenoxy) is 1. The second kappa shape index (κ2) is 10.0. The van der Waals surface area contributed by atoms with Crippen molar-refractivity contribution in [2.45, 2.75) is 12.8 Å². The molecule has 32 heavy (non-hydrogen) atoms. The van der Waals surface area contributed by atoms with E-state index >= 15 is 0 Å². The Kier molecular flexibility index (Phi) is 6.92. The molecule has 1 unspecified atom stereocenters. The SMILES string of the molecule is CC(c1cccc(C(=O)c2ccccc2)c1)c1nsc(N=C(N(C)C)N2CCOCC2)n1. The molecule has 1 fully saturated rings. The summed E-state index contributed by atoms with van der Waals surface area (Å²) in [4.78, 5) is 26.5. The van der Waals surface area contributed by atoms with Crippen LogP contribution in [0.4, 0.5) is 5.13 Å². The van der Waals surface area contributed by atoms with Crippen LogP contribution in [0.3, 0.4) is 0 Å². The van der Waals surface area contributed by atoms with Crippen molar-refractivity contribution in [3.63, 3.8) is 0 Å². The number of benzene rings is 2. The standard InChI is InChI=1S/C24H27N5O2S/c1-17(19-10-7-11-20(16-19)21(30)18-8-5-4-6-9-18)22-25-23(32-27-22)26-24(28(2)3)29-12-14-31-15-13-29/h4-11,16-17H,12-15H2,1-3H3. The van der Waals surface area contributed by atoms with Gasteiger partial charge in [-0.3, -0.25) is 4.79 Å². The molecule has 7 nitrogen and oxygen atoms in total. The fraction of sp³-hybridized carbons (Fsp3) is 0.333. The first-order chi connectivity index (χ1) is 15.5. The highest BCUT2D eigenvalue weighted by molar-refractivity contribution is 7.09. The molecule has 1 aliphatic heterocycles. The molecular formula is C24H27N5O2S. The van der Waals surface area contributed by atoms with E-state index in [2.05, 4.69) is 21.2 Å². The number of aromatic nitrogens is 2. The van der Waals surface area contributed by atoms with Crippen molar-refractivity contribution in [2.24, 2.45) is 4.99 Å². The zero-order chi connectivity index (χ0) is 22.5. The number of ketones is 1. The smallest absolute Gasteiger partial charge is 0.232 e. The summed E-state index contributed by atoms with van der Waals surface area (Å²) in [5.41, 5.74) is 2.34. The summed E-state index contributed by atoms with van der Waals surface area (Å²) in [5.74, 6) is 1.53. The van der Waals surface area contributed by atoms with Crippen LogP contribution in [0.2, 0.25) is 0 Å². The quantitative estimate of drug-likeness (QED) is 0.335. The van der Waals surface area contributed by atoms with Crippen LogP contribution in [0.25, 0.3) is 0 Å². The van der Waals surface area contributed by atoms with Gasteiger partial charge in [0.25, 0.3) is 0 Å². The minimum absolute atomic E-state index is 0.0114. The first-order valence-electron chi connectivity index (χ1n) is 10.6. The number of rotatable bonds is 5. The second-order valence-corrected chi connectivity index (χ2v) is 8.61. The molecule has 0 spiro atoms. The van der Waals surface area contributed by atoms with Gasteiger partial charge in [-0.1, -0.05) is 55.5 Å². The van der Waals surface area contributed by atoms with Crippen LogP contribution in [0.5, 0.6) is 0 Å². The van der Waals surface area contributed by atoms with E-state index in [9.17, 15) is 4.79 Å². The number of hydrogen-bond donors (Lipinski definition) is 0. The fourth-order valence-corrected chi connectivity index (χ4v) is 4.24. The molecule has 2 aromatic carbocycles. The number of nitrogens with zero attached hydrogens (tertiary/aromatic N) is 5. The van der Waals surface area contributed by atoms with Crippen LogP contribution in [0, 0.1) is 0 Å². The molecule has 0 bridgehead atoms. The molecule has 166 valence electrons. The minimum atomic E-state index is -0.0510. The van der Waals surface area contributed by atoms with Crippen LogP contribution < -0.4 is 0 Å². The van der Waals surface area contributed by atoms with E-state index in [0.29, 0.717) is 35.3 Å². The molecule has 1 saturated heterocycles. The average molecular weight is 450 g/mol. The Balaban J connectivity index is 1.55. The highest BCUT2D eigenvalue weighted by Gasteiger charge is 2.20. The Bertz CT molecular complexity index is 1090. The first kappa shape index (κ1) is 22.1. The van der Waals surface area contributed by atoms with Crippen molar-refractivity contribution >= 4 is 28.4 Å². The summed E-state index contributed by atoms with van der Waals surface area (Å²) >= 11 is 1.29. The molecule has 2 heterocycles. The maximum atomic E-state index is 12.8. The van der Waals surface area contributed by atoms with Gasteiger partial charge in [-0.15, -0.1) is 0 Å². The van der Waals surface area contributed by atoms with Crippen molar-refractivity contribution in [3.8, 4) is 0 Å². The van der Waals surface area contributed by atoms with Crippen LogP contribution in [0.1, 0.15) is 40.2 Å². The van der Waals surface area contributed by atoms with Crippen molar-refractivity contribution in [3.05, 3.63) is 77.1 Å². The summed E-state index contributed by atoms with van der Waals surface area (Å²) in [7, 11) is 3.96. The molecule has 3 aromatic rings. The van der Waals surface area contributed by atoms with E-state index in [1.165, 1.54) is 11.5 Å². The van der Waals surface area contributed by atoms with E-state index in [4.69, 9.17) is 9.73 Å². The van der Waals surface area contributed by atoms with Crippen LogP contribution in [0.15, 0.2) is 59.6 Å². The minimum Gasteiger partial charge on any atom is -0.378 e. The molecule has 0 radical (unpaired) electrons. The largest absolute Gasteiger partial charge is 0.378 e. The number of carbonyl (C=O) groups excluding carboxylic acids is 1. The summed E-state index contributed by atoms with van der Waals surface area (Å²) in [5, 5.41) is 0.624. The molecule has 8 heteroatoms. The summed E-state index contributed by atoms with van der Waals surface area (Å²) in [6.45, 7) is 5.06. The second-order valence-electron chi connectivity index (χ2n) is 7.88. The number of morpholine rings is 1. The molecule has 1 aliphatic rings. The molecule has 1 aromatic heterocycles. The number of hydrogen-bond acceptors (Lipinski definition) is 6. The summed E-state index contributed by atoms with van der Waals surface area (Å²) in [6, 6.07) is 17.0. The van der Waals surface area contributed by atoms with Gasteiger partial charge in [0.1, 0.15) is 0 Å². The predicted octanol–water partition coefficient (Wildman–Crippen LogP) is 3.80. The number of guanidine groups is 1. The zero-order valence-electron chi connectivity index (χ0n) is 18.6. The molecule has 0 saturated carbocycles. The zero-order valence-corrected chi connectivity index (χ0v) is 19.4. The lowest BCUT2D eigenvalue weighted by atomic mass is 9.95. The van der Waals surface area contributed by atoms with Gasteiger partial charge in [0.05, 0.1) is 13.2 Å². The molecular weight excluding hydrogens is 422 g/mol. The molecule has 4 rings (SSSR count). The van der Waals surface area contributed by atoms with E-state index in [-0.39, 0.29) is 11.7 Å². The predicted molar refractivity (Wildman–Crippen MR) is 127 cm³/mol. The van der Waals surface area contributed by atoms with Gasteiger partial charge < -0.3 is 14.5 Å². The van der Waals surface area contributed by atoms with Gasteiger partial charge in [-0.05, 0) is 11.6 Å². The van der Waals surface area contributed by atoms with Gasteiger partial charge >= 0.3 is 0 Å². The van der Waals surface area contributed by atoms with Crippen LogP contribution in [-0.4, -0.2) is 71.3 Å². The van der Waals surface area contributed by atoms with Gasteiger partial charge in [-0.25, -0.2) is 4.98 Å². The van der Waals surface area contributed by atoms with Crippen molar-refractivity contribution in [1.29, 1.82) is 0 Å². The van der Waals surface area contributed by atoms with Gasteiger partial charge in [0.15, 0.2) is 11.6 Å². The highest BCUT2D eigenvalue weighted by atomic mass is 32.1. The molecule has 1 atom stereocenters. The van der Waals surface area contributed by atoms with E-state index in [0.717, 1.165) is 24.6 Å². The van der Waals surface area contributed by atoms with Gasteiger partial charge in [0, 0.05) is 55.8 Å². The lowest BCUT2D eigenvalue weighted by Crippen LogP contribution is -2.46. The topological polar surface area (TPSA) is 70.9 Å². The fourth-order valence-electron chi connectivity index (χ4n) is 3.60. The molecule has 0 amide bonds. The van der Waals surface area contributed by atoms with Gasteiger partial charge in [-0.2, -0.15) is 9.37 Å². The third-order valence-corrected chi connectivity index (χ3v) is 6.02. The first-order valence-corrected chi connectivity index (χ1v) is 11.4. The lowest BCUT2D eigenvalue weighted by molar-refractivity contribution is 0.0638. The van der Waals surface area contributed by atoms with Crippen molar-refractivity contribution in [1.82, 2.24) is 19.2 Å².